The summed E-state index contributed by atoms with van der Waals surface area (Å²) in [4.78, 5) is 2.52. The van der Waals surface area contributed by atoms with Crippen molar-refractivity contribution in [2.45, 2.75) is 129 Å². The molecule has 1 atom stereocenters. The van der Waals surface area contributed by atoms with E-state index in [2.05, 4.69) is 57.4 Å². The van der Waals surface area contributed by atoms with Crippen LogP contribution in [0.4, 0.5) is 0 Å². The van der Waals surface area contributed by atoms with E-state index in [-0.39, 0.29) is 0 Å². The normalized spacial score (nSPS) is 13.5. The second kappa shape index (κ2) is 17.2. The molecule has 0 rings (SSSR count). The summed E-state index contributed by atoms with van der Waals surface area (Å²) in [5.41, 5.74) is 8.03. The van der Waals surface area contributed by atoms with Gasteiger partial charge in [-0.05, 0) is 31.7 Å². The van der Waals surface area contributed by atoms with Crippen LogP contribution < -0.4 is 10.9 Å². The van der Waals surface area contributed by atoms with Gasteiger partial charge in [0.25, 0.3) is 0 Å². The molecule has 0 radical (unpaired) electrons. The number of rotatable bonds is 19. The largest absolute Gasteiger partial charge is 0.252 e. The molecule has 0 heterocycles. The fourth-order valence-corrected chi connectivity index (χ4v) is 10.7. The van der Waals surface area contributed by atoms with Gasteiger partial charge in [-0.25, -0.2) is 4.78 Å². The Morgan fingerprint density at radius 3 is 1.50 bits per heavy atom. The van der Waals surface area contributed by atoms with Gasteiger partial charge in [-0.3, -0.25) is 10.9 Å². The van der Waals surface area contributed by atoms with E-state index in [1.165, 1.54) is 95.6 Å². The Hall–Kier alpha value is 0.0969. The molecule has 0 aromatic rings. The van der Waals surface area contributed by atoms with Gasteiger partial charge in [0.05, 0.1) is 0 Å². The zero-order chi connectivity index (χ0) is 19.7. The standard InChI is InChI=1S/C22H51N3Si/c1-7-11-14-17-20-26(25(23-5)24-6,21-18-15-12-8-2)22(10-4)19-16-13-9-3/h22-24H,7-21H2,1-6H3. The Morgan fingerprint density at radius 1 is 0.654 bits per heavy atom. The summed E-state index contributed by atoms with van der Waals surface area (Å²) in [6.45, 7) is 9.42. The Labute approximate surface area is 167 Å². The molecule has 0 aromatic heterocycles. The van der Waals surface area contributed by atoms with E-state index >= 15 is 0 Å². The van der Waals surface area contributed by atoms with Crippen LogP contribution in [0.5, 0.6) is 0 Å². The molecule has 0 aromatic carbocycles. The third kappa shape index (κ3) is 9.34. The average molecular weight is 386 g/mol. The van der Waals surface area contributed by atoms with Crippen molar-refractivity contribution in [1.29, 1.82) is 0 Å². The summed E-state index contributed by atoms with van der Waals surface area (Å²) in [5, 5.41) is 0. The van der Waals surface area contributed by atoms with Gasteiger partial charge in [-0.1, -0.05) is 111 Å². The molecule has 4 heteroatoms. The van der Waals surface area contributed by atoms with E-state index in [0.717, 1.165) is 5.54 Å². The molecule has 0 amide bonds. The van der Waals surface area contributed by atoms with Crippen LogP contribution >= 0.6 is 0 Å². The first-order chi connectivity index (χ1) is 12.7. The van der Waals surface area contributed by atoms with Gasteiger partial charge in [0.2, 0.25) is 0 Å². The highest BCUT2D eigenvalue weighted by atomic mass is 28.3. The zero-order valence-electron chi connectivity index (χ0n) is 19.1. The van der Waals surface area contributed by atoms with Crippen molar-refractivity contribution in [3.05, 3.63) is 0 Å². The van der Waals surface area contributed by atoms with E-state index in [1.54, 1.807) is 0 Å². The van der Waals surface area contributed by atoms with Gasteiger partial charge in [-0.15, -0.1) is 0 Å². The number of hydrogen-bond donors (Lipinski definition) is 2. The summed E-state index contributed by atoms with van der Waals surface area (Å²) in [6, 6.07) is 2.90. The molecular weight excluding hydrogens is 334 g/mol. The van der Waals surface area contributed by atoms with E-state index in [4.69, 9.17) is 0 Å². The first-order valence-electron chi connectivity index (χ1n) is 11.8. The molecule has 2 N–H and O–H groups in total. The van der Waals surface area contributed by atoms with Crippen LogP contribution in [-0.4, -0.2) is 27.1 Å². The van der Waals surface area contributed by atoms with Gasteiger partial charge in [0.15, 0.2) is 8.24 Å². The molecule has 158 valence electrons. The lowest BCUT2D eigenvalue weighted by Crippen LogP contribution is -2.65. The number of hydrazine groups is 2. The van der Waals surface area contributed by atoms with Crippen molar-refractivity contribution in [2.24, 2.45) is 0 Å². The second-order valence-electron chi connectivity index (χ2n) is 8.11. The van der Waals surface area contributed by atoms with Gasteiger partial charge in [0, 0.05) is 0 Å². The molecule has 0 fully saturated rings. The molecule has 0 aliphatic rings. The average Bonchev–Trinajstić information content (AvgIpc) is 2.66. The predicted molar refractivity (Wildman–Crippen MR) is 122 cm³/mol. The summed E-state index contributed by atoms with van der Waals surface area (Å²) < 4.78 is 0. The van der Waals surface area contributed by atoms with Crippen molar-refractivity contribution in [1.82, 2.24) is 15.6 Å². The third-order valence-electron chi connectivity index (χ3n) is 6.23. The van der Waals surface area contributed by atoms with Gasteiger partial charge >= 0.3 is 0 Å². The maximum absolute atomic E-state index is 3.56. The van der Waals surface area contributed by atoms with Crippen LogP contribution in [0.1, 0.15) is 111 Å². The molecule has 1 unspecified atom stereocenters. The number of nitrogens with one attached hydrogen (secondary N) is 2. The van der Waals surface area contributed by atoms with Crippen molar-refractivity contribution < 1.29 is 0 Å². The van der Waals surface area contributed by atoms with Crippen LogP contribution in [0, 0.1) is 0 Å². The maximum Gasteiger partial charge on any atom is 0.169 e. The summed E-state index contributed by atoms with van der Waals surface area (Å²) >= 11 is 0. The smallest absolute Gasteiger partial charge is 0.169 e. The number of hydrogen-bond acceptors (Lipinski definition) is 3. The summed E-state index contributed by atoms with van der Waals surface area (Å²) in [5.74, 6) is 0. The quantitative estimate of drug-likeness (QED) is 0.142. The highest BCUT2D eigenvalue weighted by molar-refractivity contribution is 6.78. The van der Waals surface area contributed by atoms with E-state index in [0.29, 0.717) is 0 Å². The van der Waals surface area contributed by atoms with E-state index in [1.807, 2.05) is 0 Å². The monoisotopic (exact) mass is 385 g/mol. The molecule has 26 heavy (non-hydrogen) atoms. The highest BCUT2D eigenvalue weighted by Gasteiger charge is 2.44. The predicted octanol–water partition coefficient (Wildman–Crippen LogP) is 7.02. The molecule has 0 spiro atoms. The number of unbranched alkanes of at least 4 members (excludes halogenated alkanes) is 8. The Kier molecular flexibility index (Phi) is 17.3. The van der Waals surface area contributed by atoms with Crippen LogP contribution in [-0.2, 0) is 0 Å². The van der Waals surface area contributed by atoms with Crippen molar-refractivity contribution in [2.75, 3.05) is 14.1 Å². The summed E-state index contributed by atoms with van der Waals surface area (Å²) in [6.07, 6.45) is 18.0. The second-order valence-corrected chi connectivity index (χ2v) is 12.6. The third-order valence-corrected chi connectivity index (χ3v) is 12.2. The molecule has 0 aliphatic heterocycles. The molecule has 3 nitrogen and oxygen atoms in total. The van der Waals surface area contributed by atoms with E-state index < -0.39 is 8.24 Å². The van der Waals surface area contributed by atoms with Crippen LogP contribution in [0.15, 0.2) is 0 Å². The van der Waals surface area contributed by atoms with Crippen LogP contribution in [0.25, 0.3) is 0 Å². The van der Waals surface area contributed by atoms with Gasteiger partial charge in [-0.2, -0.15) is 0 Å². The zero-order valence-corrected chi connectivity index (χ0v) is 20.1. The van der Waals surface area contributed by atoms with Crippen LogP contribution in [0.3, 0.4) is 0 Å². The fraction of sp³-hybridized carbons (Fsp3) is 1.00. The molecular formula is C22H51N3Si. The minimum absolute atomic E-state index is 0.900. The molecule has 0 bridgehead atoms. The van der Waals surface area contributed by atoms with Crippen molar-refractivity contribution >= 4 is 8.24 Å². The molecule has 0 saturated carbocycles. The highest BCUT2D eigenvalue weighted by Crippen LogP contribution is 2.40. The Bertz CT molecular complexity index is 283. The van der Waals surface area contributed by atoms with Gasteiger partial charge in [0.1, 0.15) is 0 Å². The lowest BCUT2D eigenvalue weighted by molar-refractivity contribution is 0.252. The van der Waals surface area contributed by atoms with E-state index in [9.17, 15) is 0 Å². The molecule has 0 aliphatic carbocycles. The van der Waals surface area contributed by atoms with Crippen molar-refractivity contribution in [3.8, 4) is 0 Å². The Morgan fingerprint density at radius 2 is 1.12 bits per heavy atom. The van der Waals surface area contributed by atoms with Gasteiger partial charge < -0.3 is 0 Å². The van der Waals surface area contributed by atoms with Crippen LogP contribution in [0.2, 0.25) is 17.6 Å². The minimum atomic E-state index is -1.59. The first kappa shape index (κ1) is 26.1. The topological polar surface area (TPSA) is 27.3 Å². The molecule has 0 saturated heterocycles. The number of nitrogens with zero attached hydrogens (tertiary/aromatic N) is 1. The van der Waals surface area contributed by atoms with Crippen molar-refractivity contribution in [3.63, 3.8) is 0 Å². The fourth-order valence-electron chi connectivity index (χ4n) is 4.71. The lowest BCUT2D eigenvalue weighted by atomic mass is 10.1. The first-order valence-corrected chi connectivity index (χ1v) is 14.3. The minimum Gasteiger partial charge on any atom is -0.252 e. The summed E-state index contributed by atoms with van der Waals surface area (Å²) in [7, 11) is 2.65. The SMILES string of the molecule is CCCCCC[Si](CCCCCC)(C(CC)CCCCC)N(NC)NC. The lowest BCUT2D eigenvalue weighted by Gasteiger charge is -2.46. The Balaban J connectivity index is 5.34. The maximum atomic E-state index is 3.56.